The first kappa shape index (κ1) is 6.64. The third kappa shape index (κ3) is 1.46. The lowest BCUT2D eigenvalue weighted by Crippen LogP contribution is -2.15. The maximum Gasteiger partial charge on any atom is 0.150 e. The summed E-state index contributed by atoms with van der Waals surface area (Å²) in [6, 6.07) is 0. The van der Waals surface area contributed by atoms with Crippen molar-refractivity contribution in [2.45, 2.75) is 0 Å². The molecule has 0 aromatic carbocycles. The molecule has 1 aromatic rings. The lowest BCUT2D eigenvalue weighted by atomic mass is 10.7. The second-order valence-electron chi connectivity index (χ2n) is 1.42. The van der Waals surface area contributed by atoms with Crippen LogP contribution in [0.4, 0.5) is 0 Å². The third-order valence-electron chi connectivity index (χ3n) is 0.854. The molecule has 0 aliphatic rings. The van der Waals surface area contributed by atoms with Crippen LogP contribution in [0.2, 0.25) is 0 Å². The quantitative estimate of drug-likeness (QED) is 0.618. The molecule has 1 N–H and O–H groups in total. The normalized spacial score (nSPS) is 9.00. The summed E-state index contributed by atoms with van der Waals surface area (Å²) in [7, 11) is 1.80. The van der Waals surface area contributed by atoms with Gasteiger partial charge in [0.25, 0.3) is 0 Å². The Morgan fingerprint density at radius 2 is 2.67 bits per heavy atom. The third-order valence-corrected chi connectivity index (χ3v) is 2.17. The topological polar surface area (TPSA) is 24.9 Å². The van der Waals surface area contributed by atoms with Crippen molar-refractivity contribution in [3.8, 4) is 0 Å². The predicted molar refractivity (Wildman–Crippen MR) is 42.9 cm³/mol. The van der Waals surface area contributed by atoms with Crippen LogP contribution in [0.25, 0.3) is 0 Å². The van der Waals surface area contributed by atoms with E-state index in [0.717, 1.165) is 5.01 Å². The molecular weight excluding hydrogens is 152 g/mol. The van der Waals surface area contributed by atoms with Gasteiger partial charge in [-0.3, -0.25) is 0 Å². The zero-order valence-electron chi connectivity index (χ0n) is 4.92. The van der Waals surface area contributed by atoms with Gasteiger partial charge in [-0.2, -0.15) is 0 Å². The molecule has 0 atom stereocenters. The van der Waals surface area contributed by atoms with Gasteiger partial charge in [0.15, 0.2) is 0 Å². The van der Waals surface area contributed by atoms with Gasteiger partial charge < -0.3 is 5.32 Å². The molecule has 0 amide bonds. The van der Waals surface area contributed by atoms with Crippen LogP contribution >= 0.6 is 23.6 Å². The summed E-state index contributed by atoms with van der Waals surface area (Å²) in [5, 5.41) is 5.63. The highest BCUT2D eigenvalue weighted by atomic mass is 32.1. The molecule has 0 aliphatic carbocycles. The number of hydrogen-bond acceptors (Lipinski definition) is 3. The Hall–Kier alpha value is -0.480. The van der Waals surface area contributed by atoms with Crippen LogP contribution in [-0.4, -0.2) is 17.0 Å². The van der Waals surface area contributed by atoms with Crippen LogP contribution in [-0.2, 0) is 0 Å². The molecule has 4 heteroatoms. The molecule has 0 saturated carbocycles. The molecule has 48 valence electrons. The number of thiazole rings is 1. The second kappa shape index (κ2) is 2.89. The minimum absolute atomic E-state index is 0.713. The average molecular weight is 158 g/mol. The Kier molecular flexibility index (Phi) is 2.13. The van der Waals surface area contributed by atoms with E-state index in [-0.39, 0.29) is 0 Å². The van der Waals surface area contributed by atoms with Gasteiger partial charge in [-0.25, -0.2) is 4.98 Å². The van der Waals surface area contributed by atoms with Gasteiger partial charge in [-0.15, -0.1) is 11.3 Å². The van der Waals surface area contributed by atoms with Gasteiger partial charge in [0.05, 0.1) is 0 Å². The van der Waals surface area contributed by atoms with Crippen molar-refractivity contribution in [2.24, 2.45) is 0 Å². The highest BCUT2D eigenvalue weighted by Gasteiger charge is 1.97. The van der Waals surface area contributed by atoms with Gasteiger partial charge in [-0.05, 0) is 0 Å². The van der Waals surface area contributed by atoms with Gasteiger partial charge in [0.2, 0.25) is 0 Å². The Morgan fingerprint density at radius 1 is 1.89 bits per heavy atom. The van der Waals surface area contributed by atoms with E-state index in [9.17, 15) is 0 Å². The molecule has 0 unspecified atom stereocenters. The second-order valence-corrected chi connectivity index (χ2v) is 2.72. The van der Waals surface area contributed by atoms with Crippen LogP contribution in [0.3, 0.4) is 0 Å². The van der Waals surface area contributed by atoms with Gasteiger partial charge in [0.1, 0.15) is 10.00 Å². The molecule has 0 radical (unpaired) electrons. The number of nitrogens with one attached hydrogen (secondary N) is 1. The van der Waals surface area contributed by atoms with Crippen LogP contribution in [0.1, 0.15) is 5.01 Å². The number of rotatable bonds is 1. The van der Waals surface area contributed by atoms with Crippen LogP contribution < -0.4 is 5.32 Å². The SMILES string of the molecule is CNC(=S)c1nccs1. The molecular formula is C5H6N2S2. The molecule has 0 spiro atoms. The smallest absolute Gasteiger partial charge is 0.150 e. The van der Waals surface area contributed by atoms with Crippen molar-refractivity contribution < 1.29 is 0 Å². The molecule has 1 rings (SSSR count). The van der Waals surface area contributed by atoms with Crippen LogP contribution in [0.15, 0.2) is 11.6 Å². The summed E-state index contributed by atoms with van der Waals surface area (Å²) in [5.74, 6) is 0. The summed E-state index contributed by atoms with van der Waals surface area (Å²) >= 11 is 6.45. The monoisotopic (exact) mass is 158 g/mol. The van der Waals surface area contributed by atoms with Crippen molar-refractivity contribution in [3.63, 3.8) is 0 Å². The lowest BCUT2D eigenvalue weighted by molar-refractivity contribution is 1.19. The minimum Gasteiger partial charge on any atom is -0.377 e. The van der Waals surface area contributed by atoms with Crippen molar-refractivity contribution >= 4 is 28.5 Å². The number of hydrogen-bond donors (Lipinski definition) is 1. The van der Waals surface area contributed by atoms with E-state index in [0.29, 0.717) is 4.99 Å². The highest BCUT2D eigenvalue weighted by molar-refractivity contribution is 7.81. The summed E-state index contributed by atoms with van der Waals surface area (Å²) < 4.78 is 0. The molecule has 0 saturated heterocycles. The maximum absolute atomic E-state index is 4.91. The number of thiocarbonyl (C=S) groups is 1. The van der Waals surface area contributed by atoms with Crippen molar-refractivity contribution in [3.05, 3.63) is 16.6 Å². The fourth-order valence-electron chi connectivity index (χ4n) is 0.443. The standard InChI is InChI=1S/C5H6N2S2/c1-6-4(8)5-7-2-3-9-5/h2-3H,1H3,(H,6,8). The van der Waals surface area contributed by atoms with Gasteiger partial charge in [0, 0.05) is 18.6 Å². The van der Waals surface area contributed by atoms with Gasteiger partial charge >= 0.3 is 0 Å². The van der Waals surface area contributed by atoms with Crippen LogP contribution in [0.5, 0.6) is 0 Å². The Morgan fingerprint density at radius 3 is 3.11 bits per heavy atom. The molecule has 0 bridgehead atoms. The van der Waals surface area contributed by atoms with Crippen LogP contribution in [0, 0.1) is 0 Å². The summed E-state index contributed by atoms with van der Waals surface area (Å²) in [6.07, 6.45) is 1.74. The van der Waals surface area contributed by atoms with E-state index in [2.05, 4.69) is 10.3 Å². The minimum atomic E-state index is 0.713. The van der Waals surface area contributed by atoms with Crippen molar-refractivity contribution in [1.82, 2.24) is 10.3 Å². The van der Waals surface area contributed by atoms with Crippen molar-refractivity contribution in [1.29, 1.82) is 0 Å². The first-order chi connectivity index (χ1) is 4.34. The summed E-state index contributed by atoms with van der Waals surface area (Å²) in [6.45, 7) is 0. The molecule has 0 fully saturated rings. The van der Waals surface area contributed by atoms with E-state index in [1.54, 1.807) is 24.6 Å². The molecule has 1 aromatic heterocycles. The number of nitrogens with zero attached hydrogens (tertiary/aromatic N) is 1. The zero-order valence-corrected chi connectivity index (χ0v) is 6.55. The van der Waals surface area contributed by atoms with E-state index < -0.39 is 0 Å². The first-order valence-electron chi connectivity index (χ1n) is 2.46. The predicted octanol–water partition coefficient (Wildman–Crippen LogP) is 1.04. The molecule has 2 nitrogen and oxygen atoms in total. The Labute approximate surface area is 62.9 Å². The zero-order chi connectivity index (χ0) is 6.69. The summed E-state index contributed by atoms with van der Waals surface area (Å²) in [4.78, 5) is 4.71. The Bertz CT molecular complexity index is 193. The van der Waals surface area contributed by atoms with E-state index in [4.69, 9.17) is 12.2 Å². The molecule has 1 heterocycles. The molecule has 0 aliphatic heterocycles. The fourth-order valence-corrected chi connectivity index (χ4v) is 1.22. The number of aromatic nitrogens is 1. The Balaban J connectivity index is 2.77. The summed E-state index contributed by atoms with van der Waals surface area (Å²) in [5.41, 5.74) is 0. The van der Waals surface area contributed by atoms with Gasteiger partial charge in [-0.1, -0.05) is 12.2 Å². The molecule has 9 heavy (non-hydrogen) atoms. The van der Waals surface area contributed by atoms with E-state index >= 15 is 0 Å². The first-order valence-corrected chi connectivity index (χ1v) is 3.75. The maximum atomic E-state index is 4.91. The average Bonchev–Trinajstić information content (AvgIpc) is 2.37. The highest BCUT2D eigenvalue weighted by Crippen LogP contribution is 2.03. The van der Waals surface area contributed by atoms with Crippen molar-refractivity contribution in [2.75, 3.05) is 7.05 Å². The lowest BCUT2D eigenvalue weighted by Gasteiger charge is -1.93. The van der Waals surface area contributed by atoms with E-state index in [1.807, 2.05) is 5.38 Å². The largest absolute Gasteiger partial charge is 0.377 e. The fraction of sp³-hybridized carbons (Fsp3) is 0.200. The van der Waals surface area contributed by atoms with E-state index in [1.165, 1.54) is 0 Å².